The van der Waals surface area contributed by atoms with Crippen LogP contribution in [0.3, 0.4) is 0 Å². The summed E-state index contributed by atoms with van der Waals surface area (Å²) in [5.74, 6) is -0.634. The molecular formula is C10H8ClN3O2. The summed E-state index contributed by atoms with van der Waals surface area (Å²) in [6.45, 7) is 0. The first kappa shape index (κ1) is 9.59. The molecule has 16 heavy (non-hydrogen) atoms. The first-order valence-corrected chi connectivity index (χ1v) is 5.32. The lowest BCUT2D eigenvalue weighted by Gasteiger charge is -2.00. The summed E-state index contributed by atoms with van der Waals surface area (Å²) in [5, 5.41) is 13.4. The van der Waals surface area contributed by atoms with E-state index in [1.807, 2.05) is 6.07 Å². The number of aromatic carboxylic acids is 1. The molecule has 0 saturated heterocycles. The number of carboxylic acid groups (broad SMARTS) is 1. The van der Waals surface area contributed by atoms with Gasteiger partial charge < -0.3 is 5.11 Å². The number of aromatic nitrogens is 3. The number of halogens is 1. The van der Waals surface area contributed by atoms with Crippen molar-refractivity contribution in [3.63, 3.8) is 0 Å². The molecular weight excluding hydrogens is 230 g/mol. The Labute approximate surface area is 95.7 Å². The van der Waals surface area contributed by atoms with Crippen molar-refractivity contribution in [2.45, 2.75) is 18.8 Å². The minimum atomic E-state index is -1.09. The van der Waals surface area contributed by atoms with Crippen molar-refractivity contribution in [1.29, 1.82) is 0 Å². The summed E-state index contributed by atoms with van der Waals surface area (Å²) >= 11 is 5.80. The van der Waals surface area contributed by atoms with E-state index < -0.39 is 5.97 Å². The van der Waals surface area contributed by atoms with Crippen molar-refractivity contribution in [2.24, 2.45) is 0 Å². The highest BCUT2D eigenvalue weighted by Gasteiger charge is 2.27. The molecule has 2 heterocycles. The average molecular weight is 238 g/mol. The standard InChI is InChI=1S/C10H8ClN3O2/c11-6-4-12-8-3-7(5-1-2-5)13-14(8)9(6)10(15)16/h3-5H,1-2H2,(H,15,16). The number of carbonyl (C=O) groups is 1. The van der Waals surface area contributed by atoms with Gasteiger partial charge in [-0.1, -0.05) is 11.6 Å². The Bertz CT molecular complexity index is 589. The molecule has 0 atom stereocenters. The summed E-state index contributed by atoms with van der Waals surface area (Å²) in [4.78, 5) is 15.1. The summed E-state index contributed by atoms with van der Waals surface area (Å²) in [6.07, 6.45) is 3.57. The van der Waals surface area contributed by atoms with E-state index in [-0.39, 0.29) is 10.7 Å². The lowest BCUT2D eigenvalue weighted by molar-refractivity contribution is 0.0687. The van der Waals surface area contributed by atoms with Gasteiger partial charge in [0.2, 0.25) is 0 Å². The monoisotopic (exact) mass is 237 g/mol. The van der Waals surface area contributed by atoms with Crippen LogP contribution in [0.4, 0.5) is 0 Å². The van der Waals surface area contributed by atoms with Crippen LogP contribution >= 0.6 is 11.6 Å². The van der Waals surface area contributed by atoms with Crippen LogP contribution in [0.1, 0.15) is 34.9 Å². The van der Waals surface area contributed by atoms with Gasteiger partial charge in [0.25, 0.3) is 0 Å². The number of carboxylic acids is 1. The molecule has 0 bridgehead atoms. The zero-order valence-corrected chi connectivity index (χ0v) is 8.98. The summed E-state index contributed by atoms with van der Waals surface area (Å²) < 4.78 is 1.30. The van der Waals surface area contributed by atoms with Gasteiger partial charge in [-0.15, -0.1) is 0 Å². The van der Waals surface area contributed by atoms with E-state index in [4.69, 9.17) is 16.7 Å². The van der Waals surface area contributed by atoms with Gasteiger partial charge in [0.15, 0.2) is 11.3 Å². The van der Waals surface area contributed by atoms with Crippen molar-refractivity contribution < 1.29 is 9.90 Å². The van der Waals surface area contributed by atoms with Crippen molar-refractivity contribution in [1.82, 2.24) is 14.6 Å². The maximum absolute atomic E-state index is 11.1. The molecule has 2 aromatic heterocycles. The van der Waals surface area contributed by atoms with E-state index >= 15 is 0 Å². The molecule has 0 aliphatic heterocycles. The molecule has 0 radical (unpaired) electrons. The summed E-state index contributed by atoms with van der Waals surface area (Å²) in [6, 6.07) is 1.82. The fourth-order valence-electron chi connectivity index (χ4n) is 1.70. The van der Waals surface area contributed by atoms with Crippen LogP contribution in [0.5, 0.6) is 0 Å². The molecule has 1 N–H and O–H groups in total. The molecule has 0 unspecified atom stereocenters. The predicted molar refractivity (Wildman–Crippen MR) is 56.9 cm³/mol. The van der Waals surface area contributed by atoms with Gasteiger partial charge in [0.1, 0.15) is 0 Å². The molecule has 82 valence electrons. The highest BCUT2D eigenvalue weighted by Crippen LogP contribution is 2.39. The largest absolute Gasteiger partial charge is 0.476 e. The Morgan fingerprint density at radius 3 is 2.94 bits per heavy atom. The Hall–Kier alpha value is -1.62. The molecule has 1 aliphatic rings. The third kappa shape index (κ3) is 1.36. The van der Waals surface area contributed by atoms with Gasteiger partial charge in [-0.05, 0) is 12.8 Å². The van der Waals surface area contributed by atoms with E-state index in [2.05, 4.69) is 10.1 Å². The van der Waals surface area contributed by atoms with Gasteiger partial charge in [0, 0.05) is 12.0 Å². The second-order valence-electron chi connectivity index (χ2n) is 3.87. The van der Waals surface area contributed by atoms with Crippen LogP contribution < -0.4 is 0 Å². The highest BCUT2D eigenvalue weighted by molar-refractivity contribution is 6.33. The second-order valence-corrected chi connectivity index (χ2v) is 4.28. The molecule has 2 aromatic rings. The van der Waals surface area contributed by atoms with Gasteiger partial charge in [-0.3, -0.25) is 0 Å². The van der Waals surface area contributed by atoms with Crippen LogP contribution in [-0.4, -0.2) is 25.7 Å². The first-order valence-electron chi connectivity index (χ1n) is 4.94. The van der Waals surface area contributed by atoms with Crippen LogP contribution in [0, 0.1) is 0 Å². The number of nitrogens with zero attached hydrogens (tertiary/aromatic N) is 3. The molecule has 6 heteroatoms. The Balaban J connectivity index is 2.28. The molecule has 0 spiro atoms. The molecule has 1 fully saturated rings. The van der Waals surface area contributed by atoms with E-state index in [9.17, 15) is 4.79 Å². The summed E-state index contributed by atoms with van der Waals surface area (Å²) in [5.41, 5.74) is 1.40. The van der Waals surface area contributed by atoms with E-state index in [1.165, 1.54) is 10.7 Å². The lowest BCUT2D eigenvalue weighted by atomic mass is 10.3. The molecule has 5 nitrogen and oxygen atoms in total. The SMILES string of the molecule is O=C(O)c1c(Cl)cnc2cc(C3CC3)nn12. The third-order valence-electron chi connectivity index (χ3n) is 2.66. The minimum absolute atomic E-state index is 0.0291. The Kier molecular flexibility index (Phi) is 1.91. The van der Waals surface area contributed by atoms with Crippen molar-refractivity contribution >= 4 is 23.2 Å². The Morgan fingerprint density at radius 2 is 2.31 bits per heavy atom. The zero-order chi connectivity index (χ0) is 11.3. The van der Waals surface area contributed by atoms with Gasteiger partial charge in [-0.25, -0.2) is 14.3 Å². The minimum Gasteiger partial charge on any atom is -0.476 e. The van der Waals surface area contributed by atoms with Crippen molar-refractivity contribution in [3.8, 4) is 0 Å². The Morgan fingerprint density at radius 1 is 1.56 bits per heavy atom. The first-order chi connectivity index (χ1) is 7.66. The van der Waals surface area contributed by atoms with E-state index in [1.54, 1.807) is 0 Å². The molecule has 1 saturated carbocycles. The van der Waals surface area contributed by atoms with Crippen molar-refractivity contribution in [3.05, 3.63) is 28.7 Å². The van der Waals surface area contributed by atoms with Crippen LogP contribution in [-0.2, 0) is 0 Å². The lowest BCUT2D eigenvalue weighted by Crippen LogP contribution is -2.08. The van der Waals surface area contributed by atoms with Gasteiger partial charge >= 0.3 is 5.97 Å². The van der Waals surface area contributed by atoms with Crippen LogP contribution in [0.25, 0.3) is 5.65 Å². The molecule has 1 aliphatic carbocycles. The van der Waals surface area contributed by atoms with Crippen molar-refractivity contribution in [2.75, 3.05) is 0 Å². The summed E-state index contributed by atoms with van der Waals surface area (Å²) in [7, 11) is 0. The molecule has 0 aromatic carbocycles. The van der Waals surface area contributed by atoms with E-state index in [0.29, 0.717) is 11.6 Å². The number of hydrogen-bond acceptors (Lipinski definition) is 3. The second kappa shape index (κ2) is 3.18. The predicted octanol–water partition coefficient (Wildman–Crippen LogP) is 1.96. The van der Waals surface area contributed by atoms with E-state index in [0.717, 1.165) is 18.5 Å². The van der Waals surface area contributed by atoms with Gasteiger partial charge in [-0.2, -0.15) is 5.10 Å². The smallest absolute Gasteiger partial charge is 0.356 e. The third-order valence-corrected chi connectivity index (χ3v) is 2.93. The maximum atomic E-state index is 11.1. The molecule has 0 amide bonds. The average Bonchev–Trinajstić information content (AvgIpc) is 2.98. The molecule has 3 rings (SSSR count). The fourth-order valence-corrected chi connectivity index (χ4v) is 1.91. The maximum Gasteiger partial charge on any atom is 0.356 e. The van der Waals surface area contributed by atoms with Crippen LogP contribution in [0.15, 0.2) is 12.3 Å². The number of hydrogen-bond donors (Lipinski definition) is 1. The van der Waals surface area contributed by atoms with Gasteiger partial charge in [0.05, 0.1) is 16.9 Å². The number of rotatable bonds is 2. The topological polar surface area (TPSA) is 67.5 Å². The quantitative estimate of drug-likeness (QED) is 0.867. The zero-order valence-electron chi connectivity index (χ0n) is 8.22. The highest BCUT2D eigenvalue weighted by atomic mass is 35.5. The number of fused-ring (bicyclic) bond motifs is 1. The normalized spacial score (nSPS) is 15.6. The fraction of sp³-hybridized carbons (Fsp3) is 0.300. The van der Waals surface area contributed by atoms with Crippen LogP contribution in [0.2, 0.25) is 5.02 Å².